The van der Waals surface area contributed by atoms with E-state index in [0.29, 0.717) is 0 Å². The van der Waals surface area contributed by atoms with Gasteiger partial charge in [0.05, 0.1) is 22.3 Å². The van der Waals surface area contributed by atoms with Crippen molar-refractivity contribution in [2.24, 2.45) is 0 Å². The number of halogens is 3. The highest BCUT2D eigenvalue weighted by Crippen LogP contribution is 2.26. The molecule has 0 radical (unpaired) electrons. The third-order valence-corrected chi connectivity index (χ3v) is 3.76. The van der Waals surface area contributed by atoms with Crippen molar-refractivity contribution in [3.8, 4) is 0 Å². The van der Waals surface area contributed by atoms with Gasteiger partial charge in [0.15, 0.2) is 0 Å². The zero-order valence-electron chi connectivity index (χ0n) is 10.5. The Morgan fingerprint density at radius 1 is 1.50 bits per heavy atom. The molecule has 2 rings (SSSR count). The number of cyclic esters (lactones) is 1. The molecule has 1 aliphatic heterocycles. The summed E-state index contributed by atoms with van der Waals surface area (Å²) in [6.45, 7) is 1.63. The van der Waals surface area contributed by atoms with Crippen LogP contribution in [-0.2, 0) is 9.53 Å². The van der Waals surface area contributed by atoms with Crippen molar-refractivity contribution in [3.63, 3.8) is 0 Å². The summed E-state index contributed by atoms with van der Waals surface area (Å²) in [5.74, 6) is -1.72. The van der Waals surface area contributed by atoms with Gasteiger partial charge in [0, 0.05) is 6.92 Å². The number of ether oxygens (including phenoxy) is 1. The highest BCUT2D eigenvalue weighted by Gasteiger charge is 2.33. The Morgan fingerprint density at radius 3 is 2.65 bits per heavy atom. The van der Waals surface area contributed by atoms with Crippen LogP contribution in [0.5, 0.6) is 0 Å². The number of carbonyl (C=O) groups excluding carboxylic acids is 2. The molecule has 5 nitrogen and oxygen atoms in total. The maximum Gasteiger partial charge on any atom is 0.414 e. The Kier molecular flexibility index (Phi) is 4.41. The summed E-state index contributed by atoms with van der Waals surface area (Å²) in [5, 5.41) is 2.52. The van der Waals surface area contributed by atoms with Gasteiger partial charge in [-0.25, -0.2) is 13.6 Å². The van der Waals surface area contributed by atoms with Gasteiger partial charge in [0.25, 0.3) is 0 Å². The summed E-state index contributed by atoms with van der Waals surface area (Å²) in [6.07, 6.45) is -1.24. The van der Waals surface area contributed by atoms with Crippen LogP contribution in [0.25, 0.3) is 0 Å². The number of carbonyl (C=O) groups is 2. The first-order valence-corrected chi connectivity index (χ1v) is 6.83. The molecular weight excluding hydrogens is 385 g/mol. The molecule has 0 unspecified atom stereocenters. The van der Waals surface area contributed by atoms with Gasteiger partial charge in [-0.3, -0.25) is 9.69 Å². The van der Waals surface area contributed by atoms with Gasteiger partial charge in [0.2, 0.25) is 5.91 Å². The molecule has 1 aliphatic rings. The van der Waals surface area contributed by atoms with E-state index in [1.165, 1.54) is 6.92 Å². The highest BCUT2D eigenvalue weighted by molar-refractivity contribution is 14.1. The molecular formula is C12H11F2IN2O3. The van der Waals surface area contributed by atoms with Gasteiger partial charge in [0.1, 0.15) is 17.7 Å². The minimum atomic E-state index is -0.737. The predicted molar refractivity (Wildman–Crippen MR) is 75.4 cm³/mol. The van der Waals surface area contributed by atoms with E-state index in [0.717, 1.165) is 17.0 Å². The summed E-state index contributed by atoms with van der Waals surface area (Å²) in [6, 6.07) is 2.15. The van der Waals surface area contributed by atoms with E-state index in [9.17, 15) is 18.4 Å². The SMILES string of the molecule is CC(=O)NC[C@H]1CN(c2cc(F)c(I)c(F)c2)C(=O)O1. The Morgan fingerprint density at radius 2 is 2.10 bits per heavy atom. The molecule has 0 aromatic heterocycles. The van der Waals surface area contributed by atoms with Crippen LogP contribution in [0.2, 0.25) is 0 Å². The smallest absolute Gasteiger partial charge is 0.414 e. The number of amides is 2. The predicted octanol–water partition coefficient (Wildman–Crippen LogP) is 2.03. The van der Waals surface area contributed by atoms with Crippen LogP contribution in [0, 0.1) is 15.2 Å². The zero-order chi connectivity index (χ0) is 14.9. The van der Waals surface area contributed by atoms with Crippen LogP contribution in [-0.4, -0.2) is 31.2 Å². The number of hydrogen-bond acceptors (Lipinski definition) is 3. The molecule has 1 atom stereocenters. The fourth-order valence-electron chi connectivity index (χ4n) is 1.79. The number of anilines is 1. The maximum absolute atomic E-state index is 13.5. The van der Waals surface area contributed by atoms with E-state index in [-0.39, 0.29) is 28.3 Å². The van der Waals surface area contributed by atoms with E-state index in [1.54, 1.807) is 22.6 Å². The molecule has 108 valence electrons. The van der Waals surface area contributed by atoms with E-state index in [1.807, 2.05) is 0 Å². The normalized spacial score (nSPS) is 18.1. The summed E-state index contributed by atoms with van der Waals surface area (Å²) in [7, 11) is 0. The Bertz CT molecular complexity index is 545. The van der Waals surface area contributed by atoms with Crippen molar-refractivity contribution in [2.45, 2.75) is 13.0 Å². The van der Waals surface area contributed by atoms with Crippen LogP contribution in [0.15, 0.2) is 12.1 Å². The van der Waals surface area contributed by atoms with Crippen molar-refractivity contribution in [1.29, 1.82) is 0 Å². The monoisotopic (exact) mass is 396 g/mol. The zero-order valence-corrected chi connectivity index (χ0v) is 12.6. The second-order valence-corrected chi connectivity index (χ2v) is 5.36. The number of hydrogen-bond donors (Lipinski definition) is 1. The van der Waals surface area contributed by atoms with Crippen LogP contribution < -0.4 is 10.2 Å². The van der Waals surface area contributed by atoms with E-state index in [2.05, 4.69) is 5.32 Å². The Hall–Kier alpha value is -1.45. The van der Waals surface area contributed by atoms with Gasteiger partial charge in [-0.2, -0.15) is 0 Å². The number of rotatable bonds is 3. The fraction of sp³-hybridized carbons (Fsp3) is 0.333. The van der Waals surface area contributed by atoms with E-state index < -0.39 is 23.8 Å². The van der Waals surface area contributed by atoms with Crippen molar-refractivity contribution < 1.29 is 23.1 Å². The van der Waals surface area contributed by atoms with Crippen LogP contribution in [0.3, 0.4) is 0 Å². The second-order valence-electron chi connectivity index (χ2n) is 4.28. The van der Waals surface area contributed by atoms with Gasteiger partial charge in [-0.1, -0.05) is 0 Å². The molecule has 0 spiro atoms. The van der Waals surface area contributed by atoms with Crippen molar-refractivity contribution in [1.82, 2.24) is 5.32 Å². The minimum Gasteiger partial charge on any atom is -0.442 e. The average molecular weight is 396 g/mol. The summed E-state index contributed by atoms with van der Waals surface area (Å²) < 4.78 is 31.9. The lowest BCUT2D eigenvalue weighted by molar-refractivity contribution is -0.119. The van der Waals surface area contributed by atoms with Crippen molar-refractivity contribution in [3.05, 3.63) is 27.3 Å². The van der Waals surface area contributed by atoms with Gasteiger partial charge >= 0.3 is 6.09 Å². The number of nitrogens with zero attached hydrogens (tertiary/aromatic N) is 1. The summed E-state index contributed by atoms with van der Waals surface area (Å²) in [4.78, 5) is 23.6. The van der Waals surface area contributed by atoms with Crippen LogP contribution in [0.4, 0.5) is 19.3 Å². The first kappa shape index (κ1) is 14.9. The van der Waals surface area contributed by atoms with Crippen LogP contribution in [0.1, 0.15) is 6.92 Å². The Labute approximate surface area is 127 Å². The molecule has 0 saturated carbocycles. The molecule has 1 N–H and O–H groups in total. The lowest BCUT2D eigenvalue weighted by Crippen LogP contribution is -2.33. The van der Waals surface area contributed by atoms with E-state index in [4.69, 9.17) is 4.74 Å². The molecule has 0 aliphatic carbocycles. The molecule has 0 bridgehead atoms. The molecule has 1 fully saturated rings. The largest absolute Gasteiger partial charge is 0.442 e. The molecule has 1 saturated heterocycles. The van der Waals surface area contributed by atoms with Gasteiger partial charge < -0.3 is 10.1 Å². The van der Waals surface area contributed by atoms with Gasteiger partial charge in [-0.05, 0) is 34.7 Å². The second kappa shape index (κ2) is 5.90. The first-order valence-electron chi connectivity index (χ1n) is 5.75. The molecule has 1 aromatic carbocycles. The Balaban J connectivity index is 2.14. The van der Waals surface area contributed by atoms with Gasteiger partial charge in [-0.15, -0.1) is 0 Å². The summed E-state index contributed by atoms with van der Waals surface area (Å²) in [5.41, 5.74) is 0.0933. The standard InChI is InChI=1S/C12H11F2IN2O3/c1-6(18)16-4-8-5-17(12(19)20-8)7-2-9(13)11(15)10(14)3-7/h2-3,8H,4-5H2,1H3,(H,16,18)/t8-/m0/s1. The topological polar surface area (TPSA) is 58.6 Å². The fourth-order valence-corrected chi connectivity index (χ4v) is 2.11. The quantitative estimate of drug-likeness (QED) is 0.629. The maximum atomic E-state index is 13.5. The molecule has 2 amide bonds. The lowest BCUT2D eigenvalue weighted by atomic mass is 10.2. The molecule has 20 heavy (non-hydrogen) atoms. The average Bonchev–Trinajstić information content (AvgIpc) is 2.74. The molecule has 8 heteroatoms. The third-order valence-electron chi connectivity index (χ3n) is 2.73. The molecule has 1 aromatic rings. The lowest BCUT2D eigenvalue weighted by Gasteiger charge is -2.14. The highest BCUT2D eigenvalue weighted by atomic mass is 127. The number of benzene rings is 1. The number of nitrogens with one attached hydrogen (secondary N) is 1. The van der Waals surface area contributed by atoms with Crippen molar-refractivity contribution >= 4 is 40.3 Å². The van der Waals surface area contributed by atoms with Crippen molar-refractivity contribution in [2.75, 3.05) is 18.0 Å². The minimum absolute atomic E-state index is 0.0933. The van der Waals surface area contributed by atoms with Crippen LogP contribution >= 0.6 is 22.6 Å². The molecule has 1 heterocycles. The first-order chi connectivity index (χ1) is 9.38. The third kappa shape index (κ3) is 3.17. The summed E-state index contributed by atoms with van der Waals surface area (Å²) >= 11 is 1.55. The van der Waals surface area contributed by atoms with E-state index >= 15 is 0 Å².